The average Bonchev–Trinajstić information content (AvgIpc) is 2.22. The first kappa shape index (κ1) is 16.8. The molecule has 0 saturated heterocycles. The molecule has 114 valence electrons. The van der Waals surface area contributed by atoms with E-state index in [0.717, 1.165) is 0 Å². The topological polar surface area (TPSA) is 81.6 Å². The summed E-state index contributed by atoms with van der Waals surface area (Å²) in [4.78, 5) is 16.9. The molecule has 20 heavy (non-hydrogen) atoms. The minimum absolute atomic E-state index is 0.214. The van der Waals surface area contributed by atoms with E-state index in [4.69, 9.17) is 9.79 Å². The summed E-state index contributed by atoms with van der Waals surface area (Å²) in [5, 5.41) is 1.18. The monoisotopic (exact) mass is 324 g/mol. The van der Waals surface area contributed by atoms with E-state index in [-0.39, 0.29) is 6.07 Å². The van der Waals surface area contributed by atoms with Crippen molar-refractivity contribution in [2.24, 2.45) is 0 Å². The summed E-state index contributed by atoms with van der Waals surface area (Å²) in [7, 11) is -4.97. The van der Waals surface area contributed by atoms with Gasteiger partial charge >= 0.3 is 20.1 Å². The number of hydrogen-bond acceptors (Lipinski definition) is 2. The second kappa shape index (κ2) is 5.24. The number of hydrazine groups is 1. The Bertz CT molecular complexity index is 538. The van der Waals surface area contributed by atoms with Crippen LogP contribution in [0.5, 0.6) is 0 Å². The molecule has 0 amide bonds. The van der Waals surface area contributed by atoms with Crippen LogP contribution >= 0.6 is 7.75 Å². The zero-order valence-electron chi connectivity index (χ0n) is 9.25. The molecule has 1 aromatic carbocycles. The van der Waals surface area contributed by atoms with E-state index in [1.54, 1.807) is 0 Å². The molecule has 0 radical (unpaired) electrons. The second-order valence-corrected chi connectivity index (χ2v) is 4.82. The van der Waals surface area contributed by atoms with Gasteiger partial charge in [-0.25, -0.2) is 4.57 Å². The van der Waals surface area contributed by atoms with Crippen LogP contribution in [-0.2, 0) is 16.9 Å². The Morgan fingerprint density at radius 2 is 1.55 bits per heavy atom. The van der Waals surface area contributed by atoms with Crippen LogP contribution in [0.1, 0.15) is 11.1 Å². The minimum atomic E-state index is -5.37. The van der Waals surface area contributed by atoms with Gasteiger partial charge in [-0.1, -0.05) is 6.07 Å². The first-order valence-electron chi connectivity index (χ1n) is 4.68. The fraction of sp³-hybridized carbons (Fsp3) is 0.250. The number of rotatable bonds is 3. The third-order valence-electron chi connectivity index (χ3n) is 1.99. The summed E-state index contributed by atoms with van der Waals surface area (Å²) in [6, 6.07) is 1.48. The van der Waals surface area contributed by atoms with Crippen LogP contribution in [0.4, 0.5) is 32.0 Å². The Labute approximate surface area is 107 Å². The lowest BCUT2D eigenvalue weighted by atomic mass is 10.0. The number of benzene rings is 1. The molecule has 0 heterocycles. The number of halogens is 6. The predicted octanol–water partition coefficient (Wildman–Crippen LogP) is 2.73. The molecule has 0 saturated carbocycles. The van der Waals surface area contributed by atoms with Gasteiger partial charge in [-0.3, -0.25) is 0 Å². The number of anilines is 1. The summed E-state index contributed by atoms with van der Waals surface area (Å²) >= 11 is 0. The van der Waals surface area contributed by atoms with Crippen molar-refractivity contribution in [1.82, 2.24) is 5.20 Å². The van der Waals surface area contributed by atoms with E-state index in [9.17, 15) is 30.9 Å². The molecule has 5 nitrogen and oxygen atoms in total. The lowest BCUT2D eigenvalue weighted by Gasteiger charge is -2.20. The molecule has 0 bridgehead atoms. The molecule has 12 heteroatoms. The van der Waals surface area contributed by atoms with Crippen LogP contribution in [0.3, 0.4) is 0 Å². The molecule has 0 aliphatic carbocycles. The molecular formula is C8H7F6N2O3P. The maximum atomic E-state index is 12.7. The van der Waals surface area contributed by atoms with E-state index in [0.29, 0.717) is 12.1 Å². The van der Waals surface area contributed by atoms with Crippen molar-refractivity contribution in [3.8, 4) is 0 Å². The summed E-state index contributed by atoms with van der Waals surface area (Å²) in [5.41, 5.74) is -3.76. The van der Waals surface area contributed by atoms with Gasteiger partial charge in [0.2, 0.25) is 0 Å². The standard InChI is InChI=1S/C8H7F6N2O3P/c9-7(10,11)4-2-1-3-5(6(4)8(12,13)14)15-16-20(17,18)19/h1-3,15H,(H3,16,17,18,19). The van der Waals surface area contributed by atoms with Crippen molar-refractivity contribution >= 4 is 13.4 Å². The molecule has 0 aliphatic rings. The minimum Gasteiger partial charge on any atom is -0.311 e. The quantitative estimate of drug-likeness (QED) is 0.390. The van der Waals surface area contributed by atoms with Crippen molar-refractivity contribution in [2.45, 2.75) is 12.4 Å². The van der Waals surface area contributed by atoms with E-state index >= 15 is 0 Å². The largest absolute Gasteiger partial charge is 0.419 e. The van der Waals surface area contributed by atoms with Gasteiger partial charge in [0.05, 0.1) is 16.8 Å². The van der Waals surface area contributed by atoms with Gasteiger partial charge in [-0.15, -0.1) is 5.20 Å². The van der Waals surface area contributed by atoms with Crippen molar-refractivity contribution in [3.63, 3.8) is 0 Å². The molecule has 0 fully saturated rings. The van der Waals surface area contributed by atoms with Gasteiger partial charge < -0.3 is 15.2 Å². The molecular weight excluding hydrogens is 317 g/mol. The molecule has 0 atom stereocenters. The summed E-state index contributed by atoms with van der Waals surface area (Å²) < 4.78 is 86.2. The molecule has 0 aliphatic heterocycles. The first-order chi connectivity index (χ1) is 8.82. The maximum absolute atomic E-state index is 12.7. The molecule has 1 rings (SSSR count). The number of hydrogen-bond donors (Lipinski definition) is 4. The third-order valence-corrected chi connectivity index (χ3v) is 2.39. The lowest BCUT2D eigenvalue weighted by molar-refractivity contribution is -0.161. The van der Waals surface area contributed by atoms with E-state index in [1.165, 1.54) is 10.6 Å². The average molecular weight is 324 g/mol. The van der Waals surface area contributed by atoms with Crippen LogP contribution in [0.2, 0.25) is 0 Å². The molecule has 0 unspecified atom stereocenters. The van der Waals surface area contributed by atoms with Crippen LogP contribution in [-0.4, -0.2) is 9.79 Å². The fourth-order valence-electron chi connectivity index (χ4n) is 1.33. The van der Waals surface area contributed by atoms with Gasteiger partial charge in [0, 0.05) is 0 Å². The van der Waals surface area contributed by atoms with Gasteiger partial charge in [-0.05, 0) is 12.1 Å². The molecule has 0 aromatic heterocycles. The van der Waals surface area contributed by atoms with E-state index in [1.807, 2.05) is 0 Å². The van der Waals surface area contributed by atoms with Crippen molar-refractivity contribution in [2.75, 3.05) is 5.43 Å². The summed E-state index contributed by atoms with van der Waals surface area (Å²) in [6.07, 6.45) is -10.6. The molecule has 0 spiro atoms. The Morgan fingerprint density at radius 1 is 1.00 bits per heavy atom. The number of nitrogens with one attached hydrogen (secondary N) is 2. The highest BCUT2D eigenvalue weighted by atomic mass is 31.2. The fourth-order valence-corrected chi connectivity index (χ4v) is 1.60. The second-order valence-electron chi connectivity index (χ2n) is 3.50. The number of alkyl halides is 6. The van der Waals surface area contributed by atoms with Crippen molar-refractivity contribution < 1.29 is 40.7 Å². The Hall–Kier alpha value is -1.29. The van der Waals surface area contributed by atoms with Gasteiger partial charge in [0.15, 0.2) is 0 Å². The lowest BCUT2D eigenvalue weighted by Crippen LogP contribution is -2.24. The van der Waals surface area contributed by atoms with Crippen molar-refractivity contribution in [3.05, 3.63) is 29.3 Å². The Kier molecular flexibility index (Phi) is 4.39. The highest BCUT2D eigenvalue weighted by molar-refractivity contribution is 7.49. The third kappa shape index (κ3) is 4.37. The Balaban J connectivity index is 3.35. The normalized spacial score (nSPS) is 13.4. The van der Waals surface area contributed by atoms with E-state index < -0.39 is 36.9 Å². The zero-order valence-corrected chi connectivity index (χ0v) is 10.1. The van der Waals surface area contributed by atoms with Gasteiger partial charge in [0.25, 0.3) is 0 Å². The van der Waals surface area contributed by atoms with Crippen LogP contribution in [0.15, 0.2) is 18.2 Å². The van der Waals surface area contributed by atoms with Crippen LogP contribution < -0.4 is 10.6 Å². The smallest absolute Gasteiger partial charge is 0.311 e. The highest BCUT2D eigenvalue weighted by Gasteiger charge is 2.45. The van der Waals surface area contributed by atoms with Crippen molar-refractivity contribution in [1.29, 1.82) is 0 Å². The predicted molar refractivity (Wildman–Crippen MR) is 55.2 cm³/mol. The molecule has 1 aromatic rings. The maximum Gasteiger partial charge on any atom is 0.419 e. The van der Waals surface area contributed by atoms with Crippen LogP contribution in [0, 0.1) is 0 Å². The van der Waals surface area contributed by atoms with Gasteiger partial charge in [-0.2, -0.15) is 26.3 Å². The highest BCUT2D eigenvalue weighted by Crippen LogP contribution is 2.44. The zero-order chi connectivity index (χ0) is 15.8. The summed E-state index contributed by atoms with van der Waals surface area (Å²) in [6.45, 7) is 0. The molecule has 4 N–H and O–H groups in total. The summed E-state index contributed by atoms with van der Waals surface area (Å²) in [5.74, 6) is 0. The Morgan fingerprint density at radius 3 is 1.95 bits per heavy atom. The first-order valence-corrected chi connectivity index (χ1v) is 6.30. The van der Waals surface area contributed by atoms with Gasteiger partial charge in [0.1, 0.15) is 0 Å². The SMILES string of the molecule is O=P(O)(O)NNc1cccc(C(F)(F)F)c1C(F)(F)F. The van der Waals surface area contributed by atoms with E-state index in [2.05, 4.69) is 0 Å². The van der Waals surface area contributed by atoms with Crippen LogP contribution in [0.25, 0.3) is 0 Å².